The van der Waals surface area contributed by atoms with Crippen LogP contribution >= 0.6 is 0 Å². The second kappa shape index (κ2) is 10.6. The van der Waals surface area contributed by atoms with Crippen molar-refractivity contribution in [2.75, 3.05) is 37.4 Å². The minimum absolute atomic E-state index is 0.152. The lowest BCUT2D eigenvalue weighted by Crippen LogP contribution is -2.33. The zero-order valence-electron chi connectivity index (χ0n) is 16.8. The van der Waals surface area contributed by atoms with Crippen LogP contribution in [-0.4, -0.2) is 52.6 Å². The maximum atomic E-state index is 11.8. The Morgan fingerprint density at radius 2 is 1.83 bits per heavy atom. The van der Waals surface area contributed by atoms with Gasteiger partial charge in [-0.2, -0.15) is 4.98 Å². The molecule has 10 heteroatoms. The largest absolute Gasteiger partial charge is 0.497 e. The number of methoxy groups -OCH3 is 1. The fraction of sp³-hybridized carbons (Fsp3) is 0.250. The fourth-order valence-electron chi connectivity index (χ4n) is 2.45. The van der Waals surface area contributed by atoms with Crippen molar-refractivity contribution < 1.29 is 14.3 Å². The SMILES string of the molecule is COc1ccc(Nc2cc(C)nc(NCCNC(=O)COc3ncccn3)n2)cc1. The first-order valence-electron chi connectivity index (χ1n) is 9.29. The van der Waals surface area contributed by atoms with Crippen LogP contribution in [0.1, 0.15) is 5.69 Å². The molecule has 0 atom stereocenters. The van der Waals surface area contributed by atoms with E-state index < -0.39 is 0 Å². The van der Waals surface area contributed by atoms with E-state index >= 15 is 0 Å². The maximum Gasteiger partial charge on any atom is 0.316 e. The van der Waals surface area contributed by atoms with Crippen LogP contribution < -0.4 is 25.4 Å². The van der Waals surface area contributed by atoms with Gasteiger partial charge in [-0.05, 0) is 37.3 Å². The summed E-state index contributed by atoms with van der Waals surface area (Å²) in [6, 6.07) is 11.2. The Balaban J connectivity index is 1.44. The number of hydrogen-bond donors (Lipinski definition) is 3. The van der Waals surface area contributed by atoms with Crippen molar-refractivity contribution in [3.8, 4) is 11.8 Å². The Hall–Kier alpha value is -3.95. The molecule has 10 nitrogen and oxygen atoms in total. The third-order valence-electron chi connectivity index (χ3n) is 3.82. The third-order valence-corrected chi connectivity index (χ3v) is 3.82. The summed E-state index contributed by atoms with van der Waals surface area (Å²) >= 11 is 0. The number of carbonyl (C=O) groups is 1. The summed E-state index contributed by atoms with van der Waals surface area (Å²) in [5.41, 5.74) is 1.69. The van der Waals surface area contributed by atoms with Crippen molar-refractivity contribution in [1.82, 2.24) is 25.3 Å². The molecule has 3 aromatic rings. The summed E-state index contributed by atoms with van der Waals surface area (Å²) < 4.78 is 10.3. The summed E-state index contributed by atoms with van der Waals surface area (Å²) in [5, 5.41) is 9.07. The molecular formula is C20H23N7O3. The number of benzene rings is 1. The molecular weight excluding hydrogens is 386 g/mol. The highest BCUT2D eigenvalue weighted by Crippen LogP contribution is 2.19. The van der Waals surface area contributed by atoms with Gasteiger partial charge in [0, 0.05) is 42.9 Å². The van der Waals surface area contributed by atoms with Gasteiger partial charge >= 0.3 is 6.01 Å². The molecule has 0 bridgehead atoms. The molecule has 2 heterocycles. The van der Waals surface area contributed by atoms with Crippen molar-refractivity contribution in [1.29, 1.82) is 0 Å². The second-order valence-corrected chi connectivity index (χ2v) is 6.17. The van der Waals surface area contributed by atoms with Crippen LogP contribution in [0, 0.1) is 6.92 Å². The lowest BCUT2D eigenvalue weighted by atomic mass is 10.3. The summed E-state index contributed by atoms with van der Waals surface area (Å²) in [4.78, 5) is 28.4. The zero-order chi connectivity index (χ0) is 21.2. The van der Waals surface area contributed by atoms with E-state index in [1.165, 1.54) is 0 Å². The third kappa shape index (κ3) is 6.59. The van der Waals surface area contributed by atoms with E-state index in [0.717, 1.165) is 17.1 Å². The monoisotopic (exact) mass is 409 g/mol. The van der Waals surface area contributed by atoms with E-state index in [-0.39, 0.29) is 18.5 Å². The van der Waals surface area contributed by atoms with Crippen molar-refractivity contribution in [3.05, 3.63) is 54.5 Å². The highest BCUT2D eigenvalue weighted by molar-refractivity contribution is 5.77. The van der Waals surface area contributed by atoms with Crippen LogP contribution in [0.2, 0.25) is 0 Å². The Morgan fingerprint density at radius 1 is 1.07 bits per heavy atom. The number of nitrogens with zero attached hydrogens (tertiary/aromatic N) is 4. The summed E-state index contributed by atoms with van der Waals surface area (Å²) in [5.74, 6) is 1.64. The quantitative estimate of drug-likeness (QED) is 0.431. The molecule has 0 aliphatic rings. The van der Waals surface area contributed by atoms with E-state index in [1.807, 2.05) is 37.3 Å². The minimum atomic E-state index is -0.267. The van der Waals surface area contributed by atoms with Gasteiger partial charge in [-0.25, -0.2) is 15.0 Å². The number of nitrogens with one attached hydrogen (secondary N) is 3. The molecule has 0 spiro atoms. The summed E-state index contributed by atoms with van der Waals surface area (Å²) in [6.07, 6.45) is 3.09. The molecule has 1 aromatic carbocycles. The number of carbonyl (C=O) groups excluding carboxylic acids is 1. The summed E-state index contributed by atoms with van der Waals surface area (Å²) in [7, 11) is 1.63. The molecule has 2 aromatic heterocycles. The Kier molecular flexibility index (Phi) is 7.31. The number of ether oxygens (including phenoxy) is 2. The van der Waals surface area contributed by atoms with E-state index in [1.54, 1.807) is 25.6 Å². The Bertz CT molecular complexity index is 952. The van der Waals surface area contributed by atoms with Crippen LogP contribution in [-0.2, 0) is 4.79 Å². The number of aromatic nitrogens is 4. The molecule has 0 aliphatic carbocycles. The van der Waals surface area contributed by atoms with Crippen LogP contribution in [0.15, 0.2) is 48.8 Å². The number of aryl methyl sites for hydroxylation is 1. The van der Waals surface area contributed by atoms with Gasteiger partial charge in [-0.3, -0.25) is 4.79 Å². The summed E-state index contributed by atoms with van der Waals surface area (Å²) in [6.45, 7) is 2.58. The Morgan fingerprint density at radius 3 is 2.57 bits per heavy atom. The fourth-order valence-corrected chi connectivity index (χ4v) is 2.45. The average molecular weight is 409 g/mol. The first kappa shape index (κ1) is 20.8. The van der Waals surface area contributed by atoms with Gasteiger partial charge in [0.2, 0.25) is 5.95 Å². The normalized spacial score (nSPS) is 10.2. The molecule has 0 saturated heterocycles. The van der Waals surface area contributed by atoms with Gasteiger partial charge in [0.05, 0.1) is 7.11 Å². The van der Waals surface area contributed by atoms with Crippen LogP contribution in [0.3, 0.4) is 0 Å². The van der Waals surface area contributed by atoms with Gasteiger partial charge in [0.15, 0.2) is 6.61 Å². The van der Waals surface area contributed by atoms with E-state index in [0.29, 0.717) is 24.9 Å². The molecule has 3 rings (SSSR count). The van der Waals surface area contributed by atoms with Gasteiger partial charge < -0.3 is 25.4 Å². The van der Waals surface area contributed by atoms with Crippen molar-refractivity contribution in [2.45, 2.75) is 6.92 Å². The number of anilines is 3. The topological polar surface area (TPSA) is 123 Å². The van der Waals surface area contributed by atoms with Gasteiger partial charge in [-0.1, -0.05) is 0 Å². The molecule has 0 radical (unpaired) electrons. The number of hydrogen-bond acceptors (Lipinski definition) is 9. The molecule has 1 amide bonds. The molecule has 0 unspecified atom stereocenters. The molecule has 156 valence electrons. The van der Waals surface area contributed by atoms with Gasteiger partial charge in [-0.15, -0.1) is 0 Å². The lowest BCUT2D eigenvalue weighted by Gasteiger charge is -2.11. The highest BCUT2D eigenvalue weighted by Gasteiger charge is 2.05. The molecule has 0 aliphatic heterocycles. The standard InChI is InChI=1S/C20H23N7O3/c1-14-12-17(26-15-4-6-16(29-2)7-5-15)27-19(25-14)22-11-10-21-18(28)13-30-20-23-8-3-9-24-20/h3-9,12H,10-11,13H2,1-2H3,(H,21,28)(H2,22,25,26,27). The highest BCUT2D eigenvalue weighted by atomic mass is 16.5. The lowest BCUT2D eigenvalue weighted by molar-refractivity contribution is -0.123. The first-order chi connectivity index (χ1) is 14.6. The number of rotatable bonds is 10. The van der Waals surface area contributed by atoms with E-state index in [4.69, 9.17) is 9.47 Å². The van der Waals surface area contributed by atoms with Crippen LogP contribution in [0.25, 0.3) is 0 Å². The van der Waals surface area contributed by atoms with Crippen LogP contribution in [0.4, 0.5) is 17.5 Å². The van der Waals surface area contributed by atoms with Crippen molar-refractivity contribution in [3.63, 3.8) is 0 Å². The zero-order valence-corrected chi connectivity index (χ0v) is 16.8. The first-order valence-corrected chi connectivity index (χ1v) is 9.29. The Labute approximate surface area is 174 Å². The second-order valence-electron chi connectivity index (χ2n) is 6.17. The molecule has 3 N–H and O–H groups in total. The molecule has 30 heavy (non-hydrogen) atoms. The van der Waals surface area contributed by atoms with Gasteiger partial charge in [0.25, 0.3) is 5.91 Å². The van der Waals surface area contributed by atoms with Crippen molar-refractivity contribution >= 4 is 23.4 Å². The molecule has 0 saturated carbocycles. The smallest absolute Gasteiger partial charge is 0.316 e. The predicted octanol–water partition coefficient (Wildman–Crippen LogP) is 1.93. The average Bonchev–Trinajstić information content (AvgIpc) is 2.76. The minimum Gasteiger partial charge on any atom is -0.497 e. The maximum absolute atomic E-state index is 11.8. The predicted molar refractivity (Wildman–Crippen MR) is 112 cm³/mol. The van der Waals surface area contributed by atoms with Crippen LogP contribution in [0.5, 0.6) is 11.8 Å². The van der Waals surface area contributed by atoms with Crippen molar-refractivity contribution in [2.24, 2.45) is 0 Å². The number of amides is 1. The van der Waals surface area contributed by atoms with E-state index in [2.05, 4.69) is 35.9 Å². The van der Waals surface area contributed by atoms with E-state index in [9.17, 15) is 4.79 Å². The molecule has 0 fully saturated rings. The van der Waals surface area contributed by atoms with Gasteiger partial charge in [0.1, 0.15) is 11.6 Å².